The summed E-state index contributed by atoms with van der Waals surface area (Å²) >= 11 is 0. The molecule has 0 radical (unpaired) electrons. The van der Waals surface area contributed by atoms with E-state index in [1.807, 2.05) is 0 Å². The molecule has 4 nitrogen and oxygen atoms in total. The summed E-state index contributed by atoms with van der Waals surface area (Å²) in [7, 11) is 0. The van der Waals surface area contributed by atoms with E-state index < -0.39 is 0 Å². The van der Waals surface area contributed by atoms with Gasteiger partial charge in [0.1, 0.15) is 0 Å². The standard InChI is InChI=1S/C13H17N3O/c1-2-4-6-12-11(5-3-1)13(15-14-12)16-7-9-17-10-8-16/h1,3,5-6,14H,2,4,7-10H2/b3-1-,11-5+,12-6+. The van der Waals surface area contributed by atoms with Gasteiger partial charge in [-0.3, -0.25) is 5.10 Å². The summed E-state index contributed by atoms with van der Waals surface area (Å²) in [5, 5.41) is 9.95. The Morgan fingerprint density at radius 3 is 3.00 bits per heavy atom. The molecule has 1 aliphatic carbocycles. The van der Waals surface area contributed by atoms with E-state index in [0.29, 0.717) is 0 Å². The van der Waals surface area contributed by atoms with E-state index in [4.69, 9.17) is 4.74 Å². The molecule has 1 aromatic heterocycles. The first-order valence-corrected chi connectivity index (χ1v) is 6.19. The third-order valence-corrected chi connectivity index (χ3v) is 3.20. The molecule has 1 fully saturated rings. The number of hydrogen-bond donors (Lipinski definition) is 1. The van der Waals surface area contributed by atoms with E-state index in [1.54, 1.807) is 0 Å². The number of hydrogen-bond acceptors (Lipinski definition) is 3. The third kappa shape index (κ3) is 2.13. The second-order valence-corrected chi connectivity index (χ2v) is 4.35. The highest BCUT2D eigenvalue weighted by Crippen LogP contribution is 2.06. The molecule has 1 N–H and O–H groups in total. The SMILES string of the molecule is C1=C\CC/C=c2/[nH]nc(N3CCOCC3)/c2=C/1. The van der Waals surface area contributed by atoms with Crippen LogP contribution < -0.4 is 15.5 Å². The average molecular weight is 231 g/mol. The molecule has 2 heterocycles. The van der Waals surface area contributed by atoms with Gasteiger partial charge in [-0.2, -0.15) is 5.10 Å². The van der Waals surface area contributed by atoms with E-state index >= 15 is 0 Å². The van der Waals surface area contributed by atoms with Crippen molar-refractivity contribution in [3.63, 3.8) is 0 Å². The maximum absolute atomic E-state index is 5.37. The number of morpholine rings is 1. The number of aromatic nitrogens is 2. The minimum Gasteiger partial charge on any atom is -0.378 e. The minimum atomic E-state index is 0.793. The topological polar surface area (TPSA) is 41.2 Å². The number of nitrogens with zero attached hydrogens (tertiary/aromatic N) is 2. The van der Waals surface area contributed by atoms with Gasteiger partial charge in [-0.25, -0.2) is 0 Å². The van der Waals surface area contributed by atoms with Crippen molar-refractivity contribution in [3.05, 3.63) is 22.7 Å². The molecule has 1 aromatic rings. The van der Waals surface area contributed by atoms with Crippen LogP contribution >= 0.6 is 0 Å². The second-order valence-electron chi connectivity index (χ2n) is 4.35. The highest BCUT2D eigenvalue weighted by Gasteiger charge is 2.14. The van der Waals surface area contributed by atoms with Gasteiger partial charge in [0.15, 0.2) is 5.82 Å². The zero-order valence-electron chi connectivity index (χ0n) is 9.85. The van der Waals surface area contributed by atoms with Gasteiger partial charge in [0, 0.05) is 18.3 Å². The molecule has 1 saturated heterocycles. The lowest BCUT2D eigenvalue weighted by atomic mass is 10.2. The van der Waals surface area contributed by atoms with Gasteiger partial charge in [-0.05, 0) is 18.9 Å². The quantitative estimate of drug-likeness (QED) is 0.748. The maximum atomic E-state index is 5.37. The predicted molar refractivity (Wildman–Crippen MR) is 68.2 cm³/mol. The van der Waals surface area contributed by atoms with Gasteiger partial charge in [-0.15, -0.1) is 0 Å². The van der Waals surface area contributed by atoms with Gasteiger partial charge in [0.2, 0.25) is 0 Å². The van der Waals surface area contributed by atoms with Crippen LogP contribution in [0.4, 0.5) is 5.82 Å². The number of ether oxygens (including phenoxy) is 1. The molecule has 1 aliphatic heterocycles. The maximum Gasteiger partial charge on any atom is 0.158 e. The molecule has 0 amide bonds. The molecule has 2 aliphatic rings. The minimum absolute atomic E-state index is 0.793. The van der Waals surface area contributed by atoms with Crippen LogP contribution in [0.1, 0.15) is 12.8 Å². The summed E-state index contributed by atoms with van der Waals surface area (Å²) in [4.78, 5) is 2.29. The summed E-state index contributed by atoms with van der Waals surface area (Å²) < 4.78 is 5.37. The smallest absolute Gasteiger partial charge is 0.158 e. The fourth-order valence-corrected chi connectivity index (χ4v) is 2.27. The predicted octanol–water partition coefficient (Wildman–Crippen LogP) is 0.157. The Balaban J connectivity index is 2.04. The summed E-state index contributed by atoms with van der Waals surface area (Å²) in [5.41, 5.74) is 0. The third-order valence-electron chi connectivity index (χ3n) is 3.20. The molecule has 17 heavy (non-hydrogen) atoms. The number of nitrogens with one attached hydrogen (secondary N) is 1. The van der Waals surface area contributed by atoms with Crippen molar-refractivity contribution >= 4 is 18.0 Å². The Labute approximate surface area is 100 Å². The fourth-order valence-electron chi connectivity index (χ4n) is 2.27. The van der Waals surface area contributed by atoms with Crippen LogP contribution in [0.15, 0.2) is 12.2 Å². The Kier molecular flexibility index (Phi) is 2.96. The number of rotatable bonds is 1. The van der Waals surface area contributed by atoms with Crippen molar-refractivity contribution < 1.29 is 4.74 Å². The average Bonchev–Trinajstić information content (AvgIpc) is 2.72. The number of aromatic amines is 1. The number of fused-ring (bicyclic) bond motifs is 1. The fraction of sp³-hybridized carbons (Fsp3) is 0.462. The number of anilines is 1. The van der Waals surface area contributed by atoms with Crippen molar-refractivity contribution in [3.8, 4) is 0 Å². The lowest BCUT2D eigenvalue weighted by Crippen LogP contribution is -2.40. The van der Waals surface area contributed by atoms with Gasteiger partial charge < -0.3 is 9.64 Å². The van der Waals surface area contributed by atoms with E-state index in [2.05, 4.69) is 39.4 Å². The molecule has 0 aromatic carbocycles. The lowest BCUT2D eigenvalue weighted by molar-refractivity contribution is 0.122. The van der Waals surface area contributed by atoms with Crippen molar-refractivity contribution in [1.82, 2.24) is 10.2 Å². The zero-order chi connectivity index (χ0) is 11.5. The van der Waals surface area contributed by atoms with E-state index in [-0.39, 0.29) is 0 Å². The molecule has 90 valence electrons. The Morgan fingerprint density at radius 2 is 2.12 bits per heavy atom. The largest absolute Gasteiger partial charge is 0.378 e. The second kappa shape index (κ2) is 4.75. The Hall–Kier alpha value is -1.55. The molecule has 3 rings (SSSR count). The highest BCUT2D eigenvalue weighted by molar-refractivity contribution is 5.51. The Bertz CT molecular complexity index is 523. The molecule has 0 atom stereocenters. The van der Waals surface area contributed by atoms with Crippen LogP contribution in [-0.4, -0.2) is 36.5 Å². The van der Waals surface area contributed by atoms with Gasteiger partial charge >= 0.3 is 0 Å². The van der Waals surface area contributed by atoms with E-state index in [0.717, 1.165) is 50.3 Å². The summed E-state index contributed by atoms with van der Waals surface area (Å²) in [6.07, 6.45) is 10.9. The molecule has 0 bridgehead atoms. The first-order valence-electron chi connectivity index (χ1n) is 6.19. The first kappa shape index (κ1) is 10.6. The van der Waals surface area contributed by atoms with Crippen molar-refractivity contribution in [2.75, 3.05) is 31.2 Å². The monoisotopic (exact) mass is 231 g/mol. The molecule has 4 heteroatoms. The summed E-state index contributed by atoms with van der Waals surface area (Å²) in [6.45, 7) is 3.44. The zero-order valence-corrected chi connectivity index (χ0v) is 9.85. The van der Waals surface area contributed by atoms with Crippen LogP contribution in [-0.2, 0) is 4.74 Å². The van der Waals surface area contributed by atoms with Crippen LogP contribution in [0, 0.1) is 0 Å². The summed E-state index contributed by atoms with van der Waals surface area (Å²) in [6, 6.07) is 0. The molecular weight excluding hydrogens is 214 g/mol. The van der Waals surface area contributed by atoms with Crippen LogP contribution in [0.2, 0.25) is 0 Å². The summed E-state index contributed by atoms with van der Waals surface area (Å²) in [5.74, 6) is 1.06. The van der Waals surface area contributed by atoms with Gasteiger partial charge in [0.25, 0.3) is 0 Å². The first-order chi connectivity index (χ1) is 8.45. The van der Waals surface area contributed by atoms with Crippen LogP contribution in [0.5, 0.6) is 0 Å². The normalized spacial score (nSPS) is 25.8. The molecule has 0 spiro atoms. The van der Waals surface area contributed by atoms with Gasteiger partial charge in [0.05, 0.1) is 18.6 Å². The van der Waals surface area contributed by atoms with Crippen LogP contribution in [0.3, 0.4) is 0 Å². The van der Waals surface area contributed by atoms with Gasteiger partial charge in [-0.1, -0.05) is 18.2 Å². The van der Waals surface area contributed by atoms with Crippen molar-refractivity contribution in [2.24, 2.45) is 0 Å². The van der Waals surface area contributed by atoms with E-state index in [9.17, 15) is 0 Å². The van der Waals surface area contributed by atoms with Crippen LogP contribution in [0.25, 0.3) is 12.2 Å². The van der Waals surface area contributed by atoms with Crippen molar-refractivity contribution in [2.45, 2.75) is 12.8 Å². The highest BCUT2D eigenvalue weighted by atomic mass is 16.5. The number of allylic oxidation sites excluding steroid dienone is 2. The molecule has 0 saturated carbocycles. The molecule has 0 unspecified atom stereocenters. The Morgan fingerprint density at radius 1 is 1.24 bits per heavy atom. The van der Waals surface area contributed by atoms with E-state index in [1.165, 1.54) is 5.22 Å². The number of H-pyrrole nitrogens is 1. The molecular formula is C13H17N3O. The van der Waals surface area contributed by atoms with Crippen molar-refractivity contribution in [1.29, 1.82) is 0 Å². The lowest BCUT2D eigenvalue weighted by Gasteiger charge is -2.26.